The van der Waals surface area contributed by atoms with Crippen LogP contribution < -0.4 is 5.32 Å². The van der Waals surface area contributed by atoms with Crippen LogP contribution in [-0.4, -0.2) is 50.8 Å². The van der Waals surface area contributed by atoms with Crippen LogP contribution in [-0.2, 0) is 20.8 Å². The predicted molar refractivity (Wildman–Crippen MR) is 99.3 cm³/mol. The van der Waals surface area contributed by atoms with E-state index in [4.69, 9.17) is 9.47 Å². The van der Waals surface area contributed by atoms with Crippen LogP contribution in [0, 0.1) is 5.92 Å². The van der Waals surface area contributed by atoms with Crippen molar-refractivity contribution in [2.45, 2.75) is 45.4 Å². The summed E-state index contributed by atoms with van der Waals surface area (Å²) in [5, 5.41) is 2.76. The van der Waals surface area contributed by atoms with E-state index >= 15 is 0 Å². The van der Waals surface area contributed by atoms with Gasteiger partial charge < -0.3 is 14.8 Å². The van der Waals surface area contributed by atoms with Crippen molar-refractivity contribution in [2.24, 2.45) is 5.92 Å². The summed E-state index contributed by atoms with van der Waals surface area (Å²) in [4.78, 5) is 14.1. The van der Waals surface area contributed by atoms with Crippen LogP contribution in [0.15, 0.2) is 24.3 Å². The van der Waals surface area contributed by atoms with E-state index < -0.39 is 0 Å². The van der Waals surface area contributed by atoms with Gasteiger partial charge in [0.05, 0.1) is 12.7 Å². The van der Waals surface area contributed by atoms with Crippen LogP contribution in [0.4, 0.5) is 0 Å². The van der Waals surface area contributed by atoms with Crippen molar-refractivity contribution in [3.05, 3.63) is 35.4 Å². The number of carbonyl (C=O) groups excluding carboxylic acids is 1. The Balaban J connectivity index is 1.85. The number of methoxy groups -OCH3 is 1. The van der Waals surface area contributed by atoms with Crippen LogP contribution in [0.25, 0.3) is 0 Å². The van der Waals surface area contributed by atoms with Gasteiger partial charge in [-0.2, -0.15) is 0 Å². The minimum atomic E-state index is -0.0280. The Kier molecular flexibility index (Phi) is 7.88. The van der Waals surface area contributed by atoms with Crippen molar-refractivity contribution in [3.8, 4) is 0 Å². The first-order valence-electron chi connectivity index (χ1n) is 9.20. The monoisotopic (exact) mass is 348 g/mol. The third-order valence-electron chi connectivity index (χ3n) is 4.83. The van der Waals surface area contributed by atoms with Gasteiger partial charge in [0.25, 0.3) is 0 Å². The molecule has 0 aromatic heterocycles. The van der Waals surface area contributed by atoms with E-state index in [9.17, 15) is 4.79 Å². The second-order valence-corrected chi connectivity index (χ2v) is 7.01. The SMILES string of the molecule is CNC(=O)C1CCN(Cc2ccc(C(COC(C)C)OC)cc2)CC1. The van der Waals surface area contributed by atoms with Crippen molar-refractivity contribution < 1.29 is 14.3 Å². The summed E-state index contributed by atoms with van der Waals surface area (Å²) in [6.45, 7) is 7.51. The van der Waals surface area contributed by atoms with Gasteiger partial charge in [-0.1, -0.05) is 24.3 Å². The number of hydrogen-bond donors (Lipinski definition) is 1. The first-order valence-corrected chi connectivity index (χ1v) is 9.20. The number of ether oxygens (including phenoxy) is 2. The van der Waals surface area contributed by atoms with Gasteiger partial charge in [0.15, 0.2) is 0 Å². The topological polar surface area (TPSA) is 50.8 Å². The highest BCUT2D eigenvalue weighted by Crippen LogP contribution is 2.21. The zero-order valence-electron chi connectivity index (χ0n) is 16.0. The maximum Gasteiger partial charge on any atom is 0.222 e. The van der Waals surface area contributed by atoms with Gasteiger partial charge in [-0.25, -0.2) is 0 Å². The summed E-state index contributed by atoms with van der Waals surface area (Å²) in [7, 11) is 3.44. The van der Waals surface area contributed by atoms with Gasteiger partial charge in [0.1, 0.15) is 6.10 Å². The highest BCUT2D eigenvalue weighted by Gasteiger charge is 2.24. The number of rotatable bonds is 8. The van der Waals surface area contributed by atoms with Gasteiger partial charge in [-0.15, -0.1) is 0 Å². The molecule has 2 rings (SSSR count). The van der Waals surface area contributed by atoms with Crippen LogP contribution in [0.5, 0.6) is 0 Å². The minimum Gasteiger partial charge on any atom is -0.376 e. The van der Waals surface area contributed by atoms with Crippen molar-refractivity contribution in [3.63, 3.8) is 0 Å². The summed E-state index contributed by atoms with van der Waals surface area (Å²) >= 11 is 0. The zero-order chi connectivity index (χ0) is 18.2. The van der Waals surface area contributed by atoms with Gasteiger partial charge >= 0.3 is 0 Å². The molecule has 1 atom stereocenters. The second-order valence-electron chi connectivity index (χ2n) is 7.01. The summed E-state index contributed by atoms with van der Waals surface area (Å²) < 4.78 is 11.2. The normalized spacial score (nSPS) is 17.6. The Hall–Kier alpha value is -1.43. The molecule has 5 heteroatoms. The molecular formula is C20H32N2O3. The average Bonchev–Trinajstić information content (AvgIpc) is 2.63. The molecule has 0 saturated carbocycles. The average molecular weight is 348 g/mol. The number of benzene rings is 1. The second kappa shape index (κ2) is 9.90. The van der Waals surface area contributed by atoms with E-state index in [1.807, 2.05) is 13.8 Å². The molecule has 0 radical (unpaired) electrons. The zero-order valence-corrected chi connectivity index (χ0v) is 16.0. The first-order chi connectivity index (χ1) is 12.0. The highest BCUT2D eigenvalue weighted by molar-refractivity contribution is 5.78. The van der Waals surface area contributed by atoms with E-state index in [0.717, 1.165) is 38.0 Å². The lowest BCUT2D eigenvalue weighted by Gasteiger charge is -2.31. The molecule has 1 heterocycles. The number of hydrogen-bond acceptors (Lipinski definition) is 4. The Morgan fingerprint density at radius 2 is 1.88 bits per heavy atom. The lowest BCUT2D eigenvalue weighted by Crippen LogP contribution is -2.39. The van der Waals surface area contributed by atoms with E-state index in [2.05, 4.69) is 34.5 Å². The van der Waals surface area contributed by atoms with Gasteiger partial charge in [-0.3, -0.25) is 9.69 Å². The fourth-order valence-corrected chi connectivity index (χ4v) is 3.23. The van der Waals surface area contributed by atoms with Gasteiger partial charge in [0, 0.05) is 26.6 Å². The van der Waals surface area contributed by atoms with Crippen molar-refractivity contribution in [1.29, 1.82) is 0 Å². The highest BCUT2D eigenvalue weighted by atomic mass is 16.5. The maximum absolute atomic E-state index is 11.7. The van der Waals surface area contributed by atoms with E-state index in [0.29, 0.717) is 6.61 Å². The van der Waals surface area contributed by atoms with Crippen molar-refractivity contribution in [1.82, 2.24) is 10.2 Å². The number of nitrogens with zero attached hydrogens (tertiary/aromatic N) is 1. The van der Waals surface area contributed by atoms with E-state index in [1.54, 1.807) is 14.2 Å². The van der Waals surface area contributed by atoms with Crippen molar-refractivity contribution >= 4 is 5.91 Å². The van der Waals surface area contributed by atoms with Crippen LogP contribution in [0.1, 0.15) is 43.9 Å². The molecule has 1 aromatic carbocycles. The Bertz CT molecular complexity index is 522. The summed E-state index contributed by atoms with van der Waals surface area (Å²) in [5.41, 5.74) is 2.44. The largest absolute Gasteiger partial charge is 0.376 e. The molecule has 5 nitrogen and oxygen atoms in total. The molecular weight excluding hydrogens is 316 g/mol. The molecule has 1 aliphatic heterocycles. The molecule has 1 aliphatic rings. The lowest BCUT2D eigenvalue weighted by atomic mass is 9.95. The number of piperidine rings is 1. The minimum absolute atomic E-state index is 0.0280. The number of amides is 1. The smallest absolute Gasteiger partial charge is 0.222 e. The third kappa shape index (κ3) is 6.10. The van der Waals surface area contributed by atoms with Crippen LogP contribution in [0.3, 0.4) is 0 Å². The number of likely N-dealkylation sites (tertiary alicyclic amines) is 1. The molecule has 1 saturated heterocycles. The van der Waals surface area contributed by atoms with Crippen LogP contribution in [0.2, 0.25) is 0 Å². The molecule has 25 heavy (non-hydrogen) atoms. The quantitative estimate of drug-likeness (QED) is 0.785. The molecule has 140 valence electrons. The molecule has 1 N–H and O–H groups in total. The fourth-order valence-electron chi connectivity index (χ4n) is 3.23. The molecule has 1 aromatic rings. The molecule has 1 amide bonds. The molecule has 0 spiro atoms. The van der Waals surface area contributed by atoms with E-state index in [1.165, 1.54) is 5.56 Å². The Morgan fingerprint density at radius 3 is 2.40 bits per heavy atom. The number of nitrogens with one attached hydrogen (secondary N) is 1. The molecule has 0 bridgehead atoms. The standard InChI is InChI=1S/C20H32N2O3/c1-15(2)25-14-19(24-4)17-7-5-16(6-8-17)13-22-11-9-18(10-12-22)20(23)21-3/h5-8,15,18-19H,9-14H2,1-4H3,(H,21,23). The number of carbonyl (C=O) groups is 1. The maximum atomic E-state index is 11.7. The molecule has 1 unspecified atom stereocenters. The molecule has 0 aliphatic carbocycles. The predicted octanol–water partition coefficient (Wildman–Crippen LogP) is 2.76. The van der Waals surface area contributed by atoms with Crippen molar-refractivity contribution in [2.75, 3.05) is 33.9 Å². The van der Waals surface area contributed by atoms with Gasteiger partial charge in [-0.05, 0) is 50.9 Å². The van der Waals surface area contributed by atoms with Gasteiger partial charge in [0.2, 0.25) is 5.91 Å². The van der Waals surface area contributed by atoms with Crippen LogP contribution >= 0.6 is 0 Å². The third-order valence-corrected chi connectivity index (χ3v) is 4.83. The molecule has 1 fully saturated rings. The first kappa shape index (κ1) is 19.9. The lowest BCUT2D eigenvalue weighted by molar-refractivity contribution is -0.125. The Labute approximate surface area is 151 Å². The summed E-state index contributed by atoms with van der Waals surface area (Å²) in [5.74, 6) is 0.352. The summed E-state index contributed by atoms with van der Waals surface area (Å²) in [6, 6.07) is 8.60. The summed E-state index contributed by atoms with van der Waals surface area (Å²) in [6.07, 6.45) is 2.06. The van der Waals surface area contributed by atoms with E-state index in [-0.39, 0.29) is 24.0 Å². The fraction of sp³-hybridized carbons (Fsp3) is 0.650. The Morgan fingerprint density at radius 1 is 1.24 bits per heavy atom.